The summed E-state index contributed by atoms with van der Waals surface area (Å²) < 4.78 is 55.3. The molecule has 1 amide bonds. The number of rotatable bonds is 6. The fourth-order valence-corrected chi connectivity index (χ4v) is 6.14. The second-order valence-electron chi connectivity index (χ2n) is 9.45. The molecule has 0 bridgehead atoms. The van der Waals surface area contributed by atoms with Crippen LogP contribution in [0.25, 0.3) is 22.2 Å². The van der Waals surface area contributed by atoms with Crippen molar-refractivity contribution >= 4 is 27.0 Å². The van der Waals surface area contributed by atoms with Gasteiger partial charge in [0, 0.05) is 36.3 Å². The van der Waals surface area contributed by atoms with Crippen molar-refractivity contribution in [3.8, 4) is 11.1 Å². The quantitative estimate of drug-likeness (QED) is 0.398. The Hall–Kier alpha value is -3.63. The van der Waals surface area contributed by atoms with Crippen molar-refractivity contribution in [1.82, 2.24) is 13.9 Å². The highest BCUT2D eigenvalue weighted by molar-refractivity contribution is 7.90. The van der Waals surface area contributed by atoms with Crippen LogP contribution in [-0.4, -0.2) is 47.2 Å². The minimum Gasteiger partial charge on any atom is -0.366 e. The molecule has 0 atom stereocenters. The summed E-state index contributed by atoms with van der Waals surface area (Å²) >= 11 is 0. The van der Waals surface area contributed by atoms with E-state index in [-0.39, 0.29) is 29.1 Å². The molecule has 10 heteroatoms. The maximum Gasteiger partial charge on any atom is 0.269 e. The smallest absolute Gasteiger partial charge is 0.269 e. The molecule has 0 spiro atoms. The van der Waals surface area contributed by atoms with E-state index in [9.17, 15) is 22.0 Å². The second kappa shape index (κ2) is 9.35. The van der Waals surface area contributed by atoms with Crippen LogP contribution in [0, 0.1) is 6.92 Å². The number of hydrogen-bond acceptors (Lipinski definition) is 5. The summed E-state index contributed by atoms with van der Waals surface area (Å²) in [6.45, 7) is 2.50. The van der Waals surface area contributed by atoms with Crippen LogP contribution in [0.2, 0.25) is 0 Å². The largest absolute Gasteiger partial charge is 0.366 e. The topological polar surface area (TPSA) is 98.3 Å². The molecule has 3 heterocycles. The lowest BCUT2D eigenvalue weighted by Crippen LogP contribution is -2.41. The zero-order valence-electron chi connectivity index (χ0n) is 20.2. The molecule has 0 radical (unpaired) electrons. The number of nitrogens with two attached hydrogens (primary N) is 1. The van der Waals surface area contributed by atoms with Crippen molar-refractivity contribution in [3.05, 3.63) is 83.7 Å². The number of aromatic nitrogens is 2. The molecule has 37 heavy (non-hydrogen) atoms. The minimum absolute atomic E-state index is 0.0878. The summed E-state index contributed by atoms with van der Waals surface area (Å²) in [6, 6.07) is 15.2. The third kappa shape index (κ3) is 4.86. The molecule has 0 aliphatic carbocycles. The number of hydrogen-bond donors (Lipinski definition) is 1. The first kappa shape index (κ1) is 25.0. The molecule has 7 nitrogen and oxygen atoms in total. The number of pyridine rings is 1. The highest BCUT2D eigenvalue weighted by atomic mass is 32.2. The van der Waals surface area contributed by atoms with Gasteiger partial charge in [0.05, 0.1) is 17.0 Å². The lowest BCUT2D eigenvalue weighted by molar-refractivity contribution is -0.0661. The Kier molecular flexibility index (Phi) is 6.33. The maximum absolute atomic E-state index is 13.9. The second-order valence-corrected chi connectivity index (χ2v) is 11.3. The van der Waals surface area contributed by atoms with Crippen LogP contribution >= 0.6 is 0 Å². The van der Waals surface area contributed by atoms with Gasteiger partial charge in [-0.1, -0.05) is 35.9 Å². The van der Waals surface area contributed by atoms with E-state index in [4.69, 9.17) is 5.73 Å². The highest BCUT2D eigenvalue weighted by Gasteiger charge is 2.35. The Morgan fingerprint density at radius 3 is 2.59 bits per heavy atom. The van der Waals surface area contributed by atoms with Crippen LogP contribution in [0.15, 0.2) is 71.9 Å². The van der Waals surface area contributed by atoms with Gasteiger partial charge in [0.1, 0.15) is 0 Å². The summed E-state index contributed by atoms with van der Waals surface area (Å²) in [5.74, 6) is -3.43. The number of piperidine rings is 1. The predicted octanol–water partition coefficient (Wildman–Crippen LogP) is 4.58. The normalized spacial score (nSPS) is 16.2. The van der Waals surface area contributed by atoms with Gasteiger partial charge in [-0.05, 0) is 55.3 Å². The van der Waals surface area contributed by atoms with Gasteiger partial charge in [-0.15, -0.1) is 0 Å². The third-order valence-corrected chi connectivity index (χ3v) is 8.30. The van der Waals surface area contributed by atoms with Crippen LogP contribution in [0.5, 0.6) is 0 Å². The SMILES string of the molecule is Cc1ccc(S(=O)(=O)n2ccc3c(C(N)=O)c(-c4cccc(CN5CCCC(F)(F)C5)c4)cnc32)cc1. The van der Waals surface area contributed by atoms with E-state index in [1.807, 2.05) is 19.1 Å². The van der Waals surface area contributed by atoms with E-state index in [0.29, 0.717) is 36.0 Å². The zero-order chi connectivity index (χ0) is 26.4. The van der Waals surface area contributed by atoms with Crippen molar-refractivity contribution in [2.24, 2.45) is 5.73 Å². The molecule has 2 N–H and O–H groups in total. The molecule has 2 aromatic carbocycles. The van der Waals surface area contributed by atoms with Gasteiger partial charge in [-0.3, -0.25) is 9.69 Å². The molecule has 5 rings (SSSR count). The fourth-order valence-electron chi connectivity index (χ4n) is 4.84. The van der Waals surface area contributed by atoms with Gasteiger partial charge < -0.3 is 5.73 Å². The summed E-state index contributed by atoms with van der Waals surface area (Å²) in [5.41, 5.74) is 8.81. The fraction of sp³-hybridized carbons (Fsp3) is 0.259. The number of amides is 1. The van der Waals surface area contributed by atoms with Gasteiger partial charge in [0.2, 0.25) is 5.91 Å². The molecule has 4 aromatic rings. The summed E-state index contributed by atoms with van der Waals surface area (Å²) in [6.07, 6.45) is 3.12. The Labute approximate surface area is 213 Å². The van der Waals surface area contributed by atoms with E-state index < -0.39 is 21.9 Å². The number of alkyl halides is 2. The Morgan fingerprint density at radius 1 is 1.14 bits per heavy atom. The molecule has 1 saturated heterocycles. The van der Waals surface area contributed by atoms with Crippen LogP contribution < -0.4 is 5.73 Å². The van der Waals surface area contributed by atoms with Crippen LogP contribution in [0.4, 0.5) is 8.78 Å². The summed E-state index contributed by atoms with van der Waals surface area (Å²) in [4.78, 5) is 18.8. The van der Waals surface area contributed by atoms with E-state index in [1.54, 1.807) is 29.2 Å². The molecule has 1 aliphatic rings. The van der Waals surface area contributed by atoms with Crippen molar-refractivity contribution in [1.29, 1.82) is 0 Å². The van der Waals surface area contributed by atoms with E-state index in [2.05, 4.69) is 4.98 Å². The van der Waals surface area contributed by atoms with Gasteiger partial charge >= 0.3 is 0 Å². The third-order valence-electron chi connectivity index (χ3n) is 6.62. The van der Waals surface area contributed by atoms with E-state index >= 15 is 0 Å². The number of primary amides is 1. The van der Waals surface area contributed by atoms with Gasteiger partial charge in [0.15, 0.2) is 5.65 Å². The number of fused-ring (bicyclic) bond motifs is 1. The van der Waals surface area contributed by atoms with Gasteiger partial charge in [0.25, 0.3) is 15.9 Å². The van der Waals surface area contributed by atoms with Crippen LogP contribution in [0.1, 0.15) is 34.3 Å². The van der Waals surface area contributed by atoms with Crippen LogP contribution in [0.3, 0.4) is 0 Å². The van der Waals surface area contributed by atoms with Crippen molar-refractivity contribution in [2.45, 2.75) is 37.1 Å². The molecule has 1 fully saturated rings. The van der Waals surface area contributed by atoms with Gasteiger partial charge in [-0.25, -0.2) is 26.2 Å². The molecule has 0 unspecified atom stereocenters. The lowest BCUT2D eigenvalue weighted by Gasteiger charge is -2.32. The Morgan fingerprint density at radius 2 is 1.89 bits per heavy atom. The van der Waals surface area contributed by atoms with Crippen molar-refractivity contribution < 1.29 is 22.0 Å². The monoisotopic (exact) mass is 524 g/mol. The Balaban J connectivity index is 1.54. The molecular formula is C27H26F2N4O3S. The predicted molar refractivity (Wildman–Crippen MR) is 137 cm³/mol. The first-order valence-electron chi connectivity index (χ1n) is 11.9. The first-order valence-corrected chi connectivity index (χ1v) is 13.3. The number of nitrogens with zero attached hydrogens (tertiary/aromatic N) is 3. The molecule has 1 aliphatic heterocycles. The highest BCUT2D eigenvalue weighted by Crippen LogP contribution is 2.32. The summed E-state index contributed by atoms with van der Waals surface area (Å²) in [7, 11) is -3.96. The average molecular weight is 525 g/mol. The van der Waals surface area contributed by atoms with Crippen molar-refractivity contribution in [2.75, 3.05) is 13.1 Å². The molecule has 2 aromatic heterocycles. The van der Waals surface area contributed by atoms with Crippen LogP contribution in [-0.2, 0) is 16.6 Å². The first-order chi connectivity index (χ1) is 17.5. The van der Waals surface area contributed by atoms with Crippen molar-refractivity contribution in [3.63, 3.8) is 0 Å². The summed E-state index contributed by atoms with van der Waals surface area (Å²) in [5, 5.41) is 0.307. The number of aryl methyl sites for hydroxylation is 1. The molecular weight excluding hydrogens is 498 g/mol. The number of likely N-dealkylation sites (tertiary alicyclic amines) is 1. The number of halogens is 2. The maximum atomic E-state index is 13.9. The minimum atomic E-state index is -3.96. The molecule has 0 saturated carbocycles. The average Bonchev–Trinajstić information content (AvgIpc) is 3.28. The number of benzene rings is 2. The standard InChI is InChI=1S/C27H26F2N4O3S/c1-18-6-8-21(9-7-18)37(35,36)33-13-10-22-24(25(30)34)23(15-31-26(22)33)20-5-2-4-19(14-20)16-32-12-3-11-27(28,29)17-32/h2,4-10,13-15H,3,11-12,16-17H2,1H3,(H2,30,34). The van der Waals surface area contributed by atoms with Gasteiger partial charge in [-0.2, -0.15) is 0 Å². The number of carbonyl (C=O) groups is 1. The molecule has 192 valence electrons. The zero-order valence-corrected chi connectivity index (χ0v) is 21.0. The number of carbonyl (C=O) groups excluding carboxylic acids is 1. The Bertz CT molecular complexity index is 1600. The van der Waals surface area contributed by atoms with E-state index in [1.165, 1.54) is 30.6 Å². The lowest BCUT2D eigenvalue weighted by atomic mass is 9.97. The van der Waals surface area contributed by atoms with E-state index in [0.717, 1.165) is 15.1 Å².